The fraction of sp³-hybridized carbons (Fsp3) is 0.364. The van der Waals surface area contributed by atoms with Crippen molar-refractivity contribution in [2.24, 2.45) is 0 Å². The first kappa shape index (κ1) is 12.6. The molecule has 1 aromatic carbocycles. The van der Waals surface area contributed by atoms with Crippen LogP contribution in [0.1, 0.15) is 12.5 Å². The van der Waals surface area contributed by atoms with E-state index < -0.39 is 23.6 Å². The monoisotopic (exact) mass is 229 g/mol. The lowest BCUT2D eigenvalue weighted by Gasteiger charge is -2.10. The number of halogens is 2. The molecular formula is C11H13F2NO2. The van der Waals surface area contributed by atoms with Crippen molar-refractivity contribution in [2.75, 3.05) is 6.61 Å². The number of nitrogens with one attached hydrogen (secondary N) is 1. The minimum absolute atomic E-state index is 0.00244. The molecule has 16 heavy (non-hydrogen) atoms. The lowest BCUT2D eigenvalue weighted by molar-refractivity contribution is -0.121. The van der Waals surface area contributed by atoms with E-state index in [0.29, 0.717) is 0 Å². The second kappa shape index (κ2) is 5.55. The molecule has 1 amide bonds. The van der Waals surface area contributed by atoms with Crippen LogP contribution in [0.5, 0.6) is 0 Å². The zero-order valence-corrected chi connectivity index (χ0v) is 8.84. The predicted octanol–water partition coefficient (Wildman–Crippen LogP) is 1.00. The summed E-state index contributed by atoms with van der Waals surface area (Å²) in [5.74, 6) is -2.43. The van der Waals surface area contributed by atoms with Gasteiger partial charge in [-0.25, -0.2) is 8.78 Å². The molecule has 0 aliphatic carbocycles. The molecule has 1 atom stereocenters. The zero-order chi connectivity index (χ0) is 12.1. The Labute approximate surface area is 92.1 Å². The lowest BCUT2D eigenvalue weighted by atomic mass is 10.1. The number of carbonyl (C=O) groups is 1. The summed E-state index contributed by atoms with van der Waals surface area (Å²) in [6, 6.07) is 3.29. The third-order valence-electron chi connectivity index (χ3n) is 2.06. The van der Waals surface area contributed by atoms with Crippen molar-refractivity contribution in [1.29, 1.82) is 0 Å². The van der Waals surface area contributed by atoms with Crippen molar-refractivity contribution in [3.05, 3.63) is 35.4 Å². The average molecular weight is 229 g/mol. The Balaban J connectivity index is 2.66. The van der Waals surface area contributed by atoms with E-state index in [1.54, 1.807) is 6.92 Å². The van der Waals surface area contributed by atoms with Crippen LogP contribution in [0.15, 0.2) is 18.2 Å². The summed E-state index contributed by atoms with van der Waals surface area (Å²) in [7, 11) is 0. The van der Waals surface area contributed by atoms with Crippen LogP contribution in [-0.4, -0.2) is 23.7 Å². The van der Waals surface area contributed by atoms with E-state index in [0.717, 1.165) is 6.07 Å². The minimum Gasteiger partial charge on any atom is -0.394 e. The Hall–Kier alpha value is -1.49. The number of carbonyl (C=O) groups excluding carboxylic acids is 1. The highest BCUT2D eigenvalue weighted by atomic mass is 19.2. The van der Waals surface area contributed by atoms with E-state index >= 15 is 0 Å². The van der Waals surface area contributed by atoms with Crippen LogP contribution < -0.4 is 5.32 Å². The van der Waals surface area contributed by atoms with Crippen LogP contribution in [0.4, 0.5) is 8.78 Å². The molecule has 0 aliphatic rings. The molecular weight excluding hydrogens is 216 g/mol. The molecule has 0 saturated carbocycles. The van der Waals surface area contributed by atoms with Gasteiger partial charge in [-0.3, -0.25) is 4.79 Å². The van der Waals surface area contributed by atoms with Crippen LogP contribution >= 0.6 is 0 Å². The summed E-state index contributed by atoms with van der Waals surface area (Å²) >= 11 is 0. The quantitative estimate of drug-likeness (QED) is 0.809. The van der Waals surface area contributed by atoms with Gasteiger partial charge < -0.3 is 10.4 Å². The molecule has 0 aliphatic heterocycles. The SMILES string of the molecule is C[C@@H](CO)NC(=O)Cc1cccc(F)c1F. The summed E-state index contributed by atoms with van der Waals surface area (Å²) in [6.07, 6.45) is -0.242. The fourth-order valence-electron chi connectivity index (χ4n) is 1.23. The van der Waals surface area contributed by atoms with Gasteiger partial charge in [0.25, 0.3) is 0 Å². The maximum Gasteiger partial charge on any atom is 0.224 e. The number of hydrogen-bond donors (Lipinski definition) is 2. The van der Waals surface area contributed by atoms with Crippen LogP contribution in [0.25, 0.3) is 0 Å². The Morgan fingerprint density at radius 2 is 2.19 bits per heavy atom. The van der Waals surface area contributed by atoms with Gasteiger partial charge in [0.1, 0.15) is 0 Å². The molecule has 0 unspecified atom stereocenters. The zero-order valence-electron chi connectivity index (χ0n) is 8.84. The smallest absolute Gasteiger partial charge is 0.224 e. The number of amides is 1. The van der Waals surface area contributed by atoms with Crippen LogP contribution in [0.3, 0.4) is 0 Å². The van der Waals surface area contributed by atoms with Crippen molar-refractivity contribution in [2.45, 2.75) is 19.4 Å². The standard InChI is InChI=1S/C11H13F2NO2/c1-7(6-15)14-10(16)5-8-3-2-4-9(12)11(8)13/h2-4,7,15H,5-6H2,1H3,(H,14,16)/t7-/m0/s1. The highest BCUT2D eigenvalue weighted by molar-refractivity contribution is 5.78. The molecule has 1 aromatic rings. The van der Waals surface area contributed by atoms with Crippen molar-refractivity contribution in [3.8, 4) is 0 Å². The largest absolute Gasteiger partial charge is 0.394 e. The summed E-state index contributed by atoms with van der Waals surface area (Å²) < 4.78 is 26.0. The van der Waals surface area contributed by atoms with Crippen LogP contribution in [-0.2, 0) is 11.2 Å². The van der Waals surface area contributed by atoms with E-state index in [4.69, 9.17) is 5.11 Å². The maximum absolute atomic E-state index is 13.2. The van der Waals surface area contributed by atoms with E-state index in [2.05, 4.69) is 5.32 Å². The van der Waals surface area contributed by atoms with Crippen molar-refractivity contribution >= 4 is 5.91 Å². The maximum atomic E-state index is 13.2. The molecule has 0 spiro atoms. The van der Waals surface area contributed by atoms with E-state index in [-0.39, 0.29) is 18.6 Å². The summed E-state index contributed by atoms with van der Waals surface area (Å²) in [6.45, 7) is 1.41. The average Bonchev–Trinajstić information content (AvgIpc) is 2.24. The Morgan fingerprint density at radius 1 is 1.50 bits per heavy atom. The second-order valence-corrected chi connectivity index (χ2v) is 3.54. The van der Waals surface area contributed by atoms with Gasteiger partial charge in [0.2, 0.25) is 5.91 Å². The van der Waals surface area contributed by atoms with E-state index in [9.17, 15) is 13.6 Å². The molecule has 0 fully saturated rings. The number of aliphatic hydroxyl groups is 1. The van der Waals surface area contributed by atoms with Gasteiger partial charge in [0, 0.05) is 11.6 Å². The first-order chi connectivity index (χ1) is 7.54. The number of hydrogen-bond acceptors (Lipinski definition) is 2. The molecule has 1 rings (SSSR count). The molecule has 0 aromatic heterocycles. The summed E-state index contributed by atoms with van der Waals surface area (Å²) in [5.41, 5.74) is 0.00244. The minimum atomic E-state index is -1.01. The third kappa shape index (κ3) is 3.27. The first-order valence-electron chi connectivity index (χ1n) is 4.87. The number of rotatable bonds is 4. The molecule has 88 valence electrons. The molecule has 3 nitrogen and oxygen atoms in total. The topological polar surface area (TPSA) is 49.3 Å². The Morgan fingerprint density at radius 3 is 2.81 bits per heavy atom. The normalized spacial score (nSPS) is 12.2. The summed E-state index contributed by atoms with van der Waals surface area (Å²) in [4.78, 5) is 11.3. The lowest BCUT2D eigenvalue weighted by Crippen LogP contribution is -2.36. The molecule has 0 saturated heterocycles. The highest BCUT2D eigenvalue weighted by Crippen LogP contribution is 2.11. The van der Waals surface area contributed by atoms with Gasteiger partial charge in [0.05, 0.1) is 13.0 Å². The van der Waals surface area contributed by atoms with Crippen LogP contribution in [0.2, 0.25) is 0 Å². The Bertz CT molecular complexity index is 382. The molecule has 0 heterocycles. The van der Waals surface area contributed by atoms with Gasteiger partial charge in [-0.2, -0.15) is 0 Å². The molecule has 2 N–H and O–H groups in total. The van der Waals surface area contributed by atoms with E-state index in [1.807, 2.05) is 0 Å². The van der Waals surface area contributed by atoms with Crippen molar-refractivity contribution in [3.63, 3.8) is 0 Å². The highest BCUT2D eigenvalue weighted by Gasteiger charge is 2.12. The second-order valence-electron chi connectivity index (χ2n) is 3.54. The predicted molar refractivity (Wildman–Crippen MR) is 54.8 cm³/mol. The fourth-order valence-corrected chi connectivity index (χ4v) is 1.23. The van der Waals surface area contributed by atoms with Crippen LogP contribution in [0, 0.1) is 11.6 Å². The Kier molecular flexibility index (Phi) is 4.37. The van der Waals surface area contributed by atoms with Crippen molar-refractivity contribution < 1.29 is 18.7 Å². The van der Waals surface area contributed by atoms with Gasteiger partial charge in [-0.1, -0.05) is 12.1 Å². The van der Waals surface area contributed by atoms with Crippen molar-refractivity contribution in [1.82, 2.24) is 5.32 Å². The summed E-state index contributed by atoms with van der Waals surface area (Å²) in [5, 5.41) is 11.1. The van der Waals surface area contributed by atoms with E-state index in [1.165, 1.54) is 12.1 Å². The molecule has 0 bridgehead atoms. The third-order valence-corrected chi connectivity index (χ3v) is 2.06. The molecule has 0 radical (unpaired) electrons. The molecule has 5 heteroatoms. The van der Waals surface area contributed by atoms with Gasteiger partial charge >= 0.3 is 0 Å². The first-order valence-corrected chi connectivity index (χ1v) is 4.87. The van der Waals surface area contributed by atoms with Gasteiger partial charge in [-0.05, 0) is 13.0 Å². The number of benzene rings is 1. The van der Waals surface area contributed by atoms with Gasteiger partial charge in [-0.15, -0.1) is 0 Å². The van der Waals surface area contributed by atoms with Gasteiger partial charge in [0.15, 0.2) is 11.6 Å². The number of aliphatic hydroxyl groups excluding tert-OH is 1.